The lowest BCUT2D eigenvalue weighted by Crippen LogP contribution is -2.30. The number of fused-ring (bicyclic) bond motifs is 1. The Morgan fingerprint density at radius 1 is 1.21 bits per heavy atom. The van der Waals surface area contributed by atoms with Crippen molar-refractivity contribution in [2.45, 2.75) is 0 Å². The van der Waals surface area contributed by atoms with Gasteiger partial charge in [0.05, 0.1) is 0 Å². The predicted octanol–water partition coefficient (Wildman–Crippen LogP) is 0.568. The van der Waals surface area contributed by atoms with Gasteiger partial charge in [-0.3, -0.25) is 4.98 Å². The van der Waals surface area contributed by atoms with Gasteiger partial charge >= 0.3 is 7.12 Å². The Balaban J connectivity index is 2.71. The van der Waals surface area contributed by atoms with Gasteiger partial charge in [0, 0.05) is 22.9 Å². The monoisotopic (exact) mass is 207 g/mol. The van der Waals surface area contributed by atoms with Crippen molar-refractivity contribution in [3.8, 4) is 0 Å². The zero-order valence-corrected chi connectivity index (χ0v) is 7.94. The van der Waals surface area contributed by atoms with Gasteiger partial charge in [0.25, 0.3) is 0 Å². The van der Waals surface area contributed by atoms with E-state index in [4.69, 9.17) is 21.6 Å². The Labute approximate surface area is 86.1 Å². The second-order valence-electron chi connectivity index (χ2n) is 2.97. The molecule has 2 aromatic rings. The zero-order chi connectivity index (χ0) is 10.1. The lowest BCUT2D eigenvalue weighted by molar-refractivity contribution is 0.426. The molecular formula is C9H7BClNO2. The molecule has 0 aliphatic rings. The lowest BCUT2D eigenvalue weighted by Gasteiger charge is -2.04. The number of halogens is 1. The molecule has 0 atom stereocenters. The van der Waals surface area contributed by atoms with Gasteiger partial charge < -0.3 is 10.0 Å². The fraction of sp³-hybridized carbons (Fsp3) is 0. The number of pyridine rings is 1. The summed E-state index contributed by atoms with van der Waals surface area (Å²) in [6, 6.07) is 5.12. The van der Waals surface area contributed by atoms with Gasteiger partial charge in [-0.1, -0.05) is 17.7 Å². The molecule has 0 spiro atoms. The van der Waals surface area contributed by atoms with Gasteiger partial charge in [0.1, 0.15) is 0 Å². The first-order valence-electron chi connectivity index (χ1n) is 4.08. The van der Waals surface area contributed by atoms with Gasteiger partial charge in [-0.15, -0.1) is 0 Å². The minimum absolute atomic E-state index is 0.298. The Kier molecular flexibility index (Phi) is 2.41. The fourth-order valence-corrected chi connectivity index (χ4v) is 1.59. The molecule has 3 nitrogen and oxygen atoms in total. The van der Waals surface area contributed by atoms with E-state index in [1.54, 1.807) is 24.5 Å². The molecule has 0 saturated carbocycles. The van der Waals surface area contributed by atoms with Crippen LogP contribution in [0.25, 0.3) is 10.8 Å². The van der Waals surface area contributed by atoms with Crippen molar-refractivity contribution in [3.05, 3.63) is 35.6 Å². The number of nitrogens with zero attached hydrogens (tertiary/aromatic N) is 1. The molecule has 0 unspecified atom stereocenters. The molecule has 0 aliphatic heterocycles. The van der Waals surface area contributed by atoms with Crippen LogP contribution >= 0.6 is 11.6 Å². The molecular weight excluding hydrogens is 200 g/mol. The summed E-state index contributed by atoms with van der Waals surface area (Å²) >= 11 is 5.86. The average Bonchev–Trinajstić information content (AvgIpc) is 2.16. The first-order valence-corrected chi connectivity index (χ1v) is 4.45. The second kappa shape index (κ2) is 3.57. The molecule has 1 heterocycles. The van der Waals surface area contributed by atoms with Crippen LogP contribution in [0.5, 0.6) is 0 Å². The predicted molar refractivity (Wildman–Crippen MR) is 56.6 cm³/mol. The van der Waals surface area contributed by atoms with Crippen molar-refractivity contribution in [1.29, 1.82) is 0 Å². The van der Waals surface area contributed by atoms with Crippen LogP contribution in [-0.2, 0) is 0 Å². The van der Waals surface area contributed by atoms with Crippen molar-refractivity contribution in [2.75, 3.05) is 0 Å². The van der Waals surface area contributed by atoms with E-state index >= 15 is 0 Å². The first-order chi connectivity index (χ1) is 6.68. The van der Waals surface area contributed by atoms with Crippen LogP contribution in [0.1, 0.15) is 0 Å². The van der Waals surface area contributed by atoms with Crippen LogP contribution in [0, 0.1) is 0 Å². The maximum atomic E-state index is 9.01. The summed E-state index contributed by atoms with van der Waals surface area (Å²) in [5.74, 6) is 0. The van der Waals surface area contributed by atoms with E-state index in [0.29, 0.717) is 10.5 Å². The van der Waals surface area contributed by atoms with Crippen molar-refractivity contribution in [2.24, 2.45) is 0 Å². The van der Waals surface area contributed by atoms with Crippen LogP contribution in [0.2, 0.25) is 5.02 Å². The molecule has 0 radical (unpaired) electrons. The molecule has 1 aromatic heterocycles. The number of benzene rings is 1. The van der Waals surface area contributed by atoms with Crippen LogP contribution in [0.4, 0.5) is 0 Å². The molecule has 0 saturated heterocycles. The smallest absolute Gasteiger partial charge is 0.423 e. The second-order valence-corrected chi connectivity index (χ2v) is 3.38. The van der Waals surface area contributed by atoms with Crippen LogP contribution in [0.3, 0.4) is 0 Å². The molecule has 0 amide bonds. The van der Waals surface area contributed by atoms with Gasteiger partial charge in [-0.25, -0.2) is 0 Å². The van der Waals surface area contributed by atoms with Gasteiger partial charge in [0.15, 0.2) is 0 Å². The normalized spacial score (nSPS) is 10.5. The fourth-order valence-electron chi connectivity index (χ4n) is 1.32. The van der Waals surface area contributed by atoms with Crippen LogP contribution in [0.15, 0.2) is 30.6 Å². The van der Waals surface area contributed by atoms with Gasteiger partial charge in [0.2, 0.25) is 0 Å². The van der Waals surface area contributed by atoms with E-state index in [1.807, 2.05) is 6.07 Å². The van der Waals surface area contributed by atoms with Crippen molar-refractivity contribution < 1.29 is 10.0 Å². The maximum Gasteiger partial charge on any atom is 0.489 e. The number of aromatic nitrogens is 1. The summed E-state index contributed by atoms with van der Waals surface area (Å²) in [6.07, 6.45) is 3.31. The first kappa shape index (κ1) is 9.46. The van der Waals surface area contributed by atoms with E-state index in [2.05, 4.69) is 4.98 Å². The van der Waals surface area contributed by atoms with Gasteiger partial charge in [-0.2, -0.15) is 0 Å². The zero-order valence-electron chi connectivity index (χ0n) is 7.18. The Hall–Kier alpha value is -1.10. The van der Waals surface area contributed by atoms with E-state index in [0.717, 1.165) is 10.8 Å². The minimum atomic E-state index is -1.55. The molecule has 2 N–H and O–H groups in total. The molecule has 5 heteroatoms. The maximum absolute atomic E-state index is 9.01. The van der Waals surface area contributed by atoms with Crippen LogP contribution < -0.4 is 5.46 Å². The summed E-state index contributed by atoms with van der Waals surface area (Å²) in [4.78, 5) is 3.94. The molecule has 0 aliphatic carbocycles. The highest BCUT2D eigenvalue weighted by atomic mass is 35.5. The topological polar surface area (TPSA) is 53.4 Å². The average molecular weight is 207 g/mol. The third-order valence-corrected chi connectivity index (χ3v) is 2.36. The van der Waals surface area contributed by atoms with Crippen LogP contribution in [-0.4, -0.2) is 22.2 Å². The Morgan fingerprint density at radius 3 is 2.71 bits per heavy atom. The molecule has 2 rings (SSSR count). The summed E-state index contributed by atoms with van der Waals surface area (Å²) in [5, 5.41) is 20.1. The van der Waals surface area contributed by atoms with Crippen molar-refractivity contribution in [1.82, 2.24) is 4.98 Å². The SMILES string of the molecule is OB(O)c1cc2cnccc2cc1Cl. The molecule has 70 valence electrons. The van der Waals surface area contributed by atoms with Gasteiger partial charge in [-0.05, 0) is 22.9 Å². The summed E-state index contributed by atoms with van der Waals surface area (Å²) in [5.41, 5.74) is 0.298. The quantitative estimate of drug-likeness (QED) is 0.672. The third kappa shape index (κ3) is 1.59. The summed E-state index contributed by atoms with van der Waals surface area (Å²) < 4.78 is 0. The molecule has 1 aromatic carbocycles. The molecule has 14 heavy (non-hydrogen) atoms. The highest BCUT2D eigenvalue weighted by Crippen LogP contribution is 2.16. The highest BCUT2D eigenvalue weighted by Gasteiger charge is 2.15. The third-order valence-electron chi connectivity index (χ3n) is 2.03. The van der Waals surface area contributed by atoms with E-state index in [-0.39, 0.29) is 0 Å². The largest absolute Gasteiger partial charge is 0.489 e. The number of rotatable bonds is 1. The molecule has 0 bridgehead atoms. The standard InChI is InChI=1S/C9H7BClNO2/c11-9-4-6-1-2-12-5-7(6)3-8(9)10(13)14/h1-5,13-14H. The Morgan fingerprint density at radius 2 is 2.00 bits per heavy atom. The molecule has 0 fully saturated rings. The van der Waals surface area contributed by atoms with E-state index in [1.165, 1.54) is 0 Å². The van der Waals surface area contributed by atoms with E-state index < -0.39 is 7.12 Å². The lowest BCUT2D eigenvalue weighted by atomic mass is 9.79. The van der Waals surface area contributed by atoms with Crippen molar-refractivity contribution >= 4 is 35.0 Å². The summed E-state index contributed by atoms with van der Waals surface area (Å²) in [6.45, 7) is 0. The summed E-state index contributed by atoms with van der Waals surface area (Å²) in [7, 11) is -1.55. The van der Waals surface area contributed by atoms with Crippen molar-refractivity contribution in [3.63, 3.8) is 0 Å². The highest BCUT2D eigenvalue weighted by molar-refractivity contribution is 6.63. The van der Waals surface area contributed by atoms with E-state index in [9.17, 15) is 0 Å². The minimum Gasteiger partial charge on any atom is -0.423 e. The Bertz CT molecular complexity index is 475. The number of hydrogen-bond donors (Lipinski definition) is 2. The number of hydrogen-bond acceptors (Lipinski definition) is 3.